The highest BCUT2D eigenvalue weighted by Gasteiger charge is 2.15. The molecule has 2 rings (SSSR count). The standard InChI is InChI=1S/C17H24FN3/c1-4-15-11-16(21(6-3)20-15)12-17(19-5-2)13-7-9-14(18)10-8-13/h7-11,17,19H,4-6,12H2,1-3H3. The number of nitrogens with one attached hydrogen (secondary N) is 1. The van der Waals surface area contributed by atoms with E-state index in [1.165, 1.54) is 17.8 Å². The smallest absolute Gasteiger partial charge is 0.123 e. The Kier molecular flexibility index (Phi) is 5.51. The van der Waals surface area contributed by atoms with Crippen LogP contribution in [-0.2, 0) is 19.4 Å². The number of likely N-dealkylation sites (N-methyl/N-ethyl adjacent to an activating group) is 1. The van der Waals surface area contributed by atoms with Crippen LogP contribution < -0.4 is 5.32 Å². The van der Waals surface area contributed by atoms with E-state index in [-0.39, 0.29) is 11.9 Å². The first-order valence-electron chi connectivity index (χ1n) is 7.72. The van der Waals surface area contributed by atoms with Crippen LogP contribution in [0.25, 0.3) is 0 Å². The molecule has 3 nitrogen and oxygen atoms in total. The van der Waals surface area contributed by atoms with Crippen LogP contribution in [0.15, 0.2) is 30.3 Å². The Bertz CT molecular complexity index is 560. The number of benzene rings is 1. The minimum atomic E-state index is -0.194. The first-order chi connectivity index (χ1) is 10.2. The number of aryl methyl sites for hydroxylation is 2. The summed E-state index contributed by atoms with van der Waals surface area (Å²) in [4.78, 5) is 0. The molecular weight excluding hydrogens is 265 g/mol. The molecule has 0 spiro atoms. The molecule has 0 aliphatic rings. The summed E-state index contributed by atoms with van der Waals surface area (Å²) >= 11 is 0. The van der Waals surface area contributed by atoms with Gasteiger partial charge in [-0.05, 0) is 43.7 Å². The van der Waals surface area contributed by atoms with Crippen molar-refractivity contribution in [2.45, 2.75) is 46.2 Å². The van der Waals surface area contributed by atoms with Crippen LogP contribution >= 0.6 is 0 Å². The van der Waals surface area contributed by atoms with Gasteiger partial charge in [0, 0.05) is 24.7 Å². The molecule has 0 saturated heterocycles. The monoisotopic (exact) mass is 289 g/mol. The van der Waals surface area contributed by atoms with Gasteiger partial charge in [0.15, 0.2) is 0 Å². The lowest BCUT2D eigenvalue weighted by Gasteiger charge is -2.19. The molecule has 0 amide bonds. The summed E-state index contributed by atoms with van der Waals surface area (Å²) in [5.41, 5.74) is 3.46. The molecule has 1 aromatic carbocycles. The van der Waals surface area contributed by atoms with E-state index in [1.54, 1.807) is 0 Å². The highest BCUT2D eigenvalue weighted by atomic mass is 19.1. The molecule has 1 aromatic heterocycles. The minimum absolute atomic E-state index is 0.183. The minimum Gasteiger partial charge on any atom is -0.310 e. The highest BCUT2D eigenvalue weighted by Crippen LogP contribution is 2.20. The molecule has 1 N–H and O–H groups in total. The molecule has 2 aromatic rings. The van der Waals surface area contributed by atoms with Gasteiger partial charge in [-0.3, -0.25) is 4.68 Å². The Morgan fingerprint density at radius 1 is 1.19 bits per heavy atom. The van der Waals surface area contributed by atoms with Crippen molar-refractivity contribution >= 4 is 0 Å². The van der Waals surface area contributed by atoms with Crippen molar-refractivity contribution in [3.05, 3.63) is 53.1 Å². The van der Waals surface area contributed by atoms with Crippen LogP contribution in [0.3, 0.4) is 0 Å². The number of hydrogen-bond donors (Lipinski definition) is 1. The van der Waals surface area contributed by atoms with Gasteiger partial charge in [0.1, 0.15) is 5.82 Å². The maximum atomic E-state index is 13.1. The third-order valence-corrected chi connectivity index (χ3v) is 3.71. The fourth-order valence-electron chi connectivity index (χ4n) is 2.58. The zero-order valence-corrected chi connectivity index (χ0v) is 13.1. The van der Waals surface area contributed by atoms with Gasteiger partial charge in [0.2, 0.25) is 0 Å². The van der Waals surface area contributed by atoms with E-state index in [9.17, 15) is 4.39 Å². The molecule has 114 valence electrons. The first kappa shape index (κ1) is 15.7. The van der Waals surface area contributed by atoms with Crippen molar-refractivity contribution in [3.63, 3.8) is 0 Å². The molecule has 0 bridgehead atoms. The average molecular weight is 289 g/mol. The van der Waals surface area contributed by atoms with Gasteiger partial charge in [-0.1, -0.05) is 26.0 Å². The summed E-state index contributed by atoms with van der Waals surface area (Å²) in [6, 6.07) is 9.12. The summed E-state index contributed by atoms with van der Waals surface area (Å²) in [5.74, 6) is -0.194. The summed E-state index contributed by atoms with van der Waals surface area (Å²) < 4.78 is 15.2. The van der Waals surface area contributed by atoms with Crippen molar-refractivity contribution in [1.29, 1.82) is 0 Å². The van der Waals surface area contributed by atoms with Crippen LogP contribution in [0.5, 0.6) is 0 Å². The lowest BCUT2D eigenvalue weighted by atomic mass is 10.0. The van der Waals surface area contributed by atoms with Crippen LogP contribution in [0.1, 0.15) is 43.8 Å². The van der Waals surface area contributed by atoms with Gasteiger partial charge in [-0.15, -0.1) is 0 Å². The van der Waals surface area contributed by atoms with E-state index in [1.807, 2.05) is 12.1 Å². The Balaban J connectivity index is 2.23. The molecule has 4 heteroatoms. The van der Waals surface area contributed by atoms with Gasteiger partial charge in [0.05, 0.1) is 5.69 Å². The molecule has 0 fully saturated rings. The lowest BCUT2D eigenvalue weighted by Crippen LogP contribution is -2.24. The van der Waals surface area contributed by atoms with E-state index in [0.29, 0.717) is 0 Å². The van der Waals surface area contributed by atoms with Crippen molar-refractivity contribution in [3.8, 4) is 0 Å². The largest absolute Gasteiger partial charge is 0.310 e. The van der Waals surface area contributed by atoms with E-state index >= 15 is 0 Å². The topological polar surface area (TPSA) is 29.9 Å². The molecule has 0 saturated carbocycles. The maximum absolute atomic E-state index is 13.1. The van der Waals surface area contributed by atoms with E-state index in [2.05, 4.69) is 41.9 Å². The lowest BCUT2D eigenvalue weighted by molar-refractivity contribution is 0.514. The molecule has 1 atom stereocenters. The highest BCUT2D eigenvalue weighted by molar-refractivity contribution is 5.23. The van der Waals surface area contributed by atoms with Crippen LogP contribution in [0.4, 0.5) is 4.39 Å². The van der Waals surface area contributed by atoms with E-state index < -0.39 is 0 Å². The Labute approximate surface area is 126 Å². The van der Waals surface area contributed by atoms with E-state index in [4.69, 9.17) is 0 Å². The van der Waals surface area contributed by atoms with Crippen molar-refractivity contribution in [2.75, 3.05) is 6.54 Å². The second-order valence-corrected chi connectivity index (χ2v) is 5.16. The molecule has 0 aliphatic heterocycles. The second kappa shape index (κ2) is 7.36. The number of halogens is 1. The van der Waals surface area contributed by atoms with Crippen LogP contribution in [0, 0.1) is 5.82 Å². The maximum Gasteiger partial charge on any atom is 0.123 e. The molecule has 21 heavy (non-hydrogen) atoms. The number of aromatic nitrogens is 2. The number of nitrogens with zero attached hydrogens (tertiary/aromatic N) is 2. The van der Waals surface area contributed by atoms with Gasteiger partial charge in [0.25, 0.3) is 0 Å². The van der Waals surface area contributed by atoms with Gasteiger partial charge < -0.3 is 5.32 Å². The third kappa shape index (κ3) is 3.91. The zero-order chi connectivity index (χ0) is 15.2. The zero-order valence-electron chi connectivity index (χ0n) is 13.1. The van der Waals surface area contributed by atoms with Crippen molar-refractivity contribution < 1.29 is 4.39 Å². The fraction of sp³-hybridized carbons (Fsp3) is 0.471. The summed E-state index contributed by atoms with van der Waals surface area (Å²) in [6.07, 6.45) is 1.81. The average Bonchev–Trinajstić information content (AvgIpc) is 2.90. The SMILES string of the molecule is CCNC(Cc1cc(CC)nn1CC)c1ccc(F)cc1. The number of hydrogen-bond acceptors (Lipinski definition) is 2. The third-order valence-electron chi connectivity index (χ3n) is 3.71. The molecule has 1 unspecified atom stereocenters. The molecule has 1 heterocycles. The Morgan fingerprint density at radius 2 is 1.90 bits per heavy atom. The Hall–Kier alpha value is -1.68. The second-order valence-electron chi connectivity index (χ2n) is 5.16. The summed E-state index contributed by atoms with van der Waals surface area (Å²) in [7, 11) is 0. The summed E-state index contributed by atoms with van der Waals surface area (Å²) in [6.45, 7) is 8.07. The predicted molar refractivity (Wildman–Crippen MR) is 83.8 cm³/mol. The number of rotatable bonds is 7. The fourth-order valence-corrected chi connectivity index (χ4v) is 2.58. The Morgan fingerprint density at radius 3 is 2.48 bits per heavy atom. The van der Waals surface area contributed by atoms with Gasteiger partial charge in [-0.25, -0.2) is 4.39 Å². The quantitative estimate of drug-likeness (QED) is 0.845. The molecule has 0 aliphatic carbocycles. The van der Waals surface area contributed by atoms with Crippen LogP contribution in [-0.4, -0.2) is 16.3 Å². The normalized spacial score (nSPS) is 12.6. The van der Waals surface area contributed by atoms with Crippen molar-refractivity contribution in [2.24, 2.45) is 0 Å². The van der Waals surface area contributed by atoms with Crippen LogP contribution in [0.2, 0.25) is 0 Å². The van der Waals surface area contributed by atoms with E-state index in [0.717, 1.165) is 37.2 Å². The predicted octanol–water partition coefficient (Wildman–Crippen LogP) is 3.50. The van der Waals surface area contributed by atoms with Crippen molar-refractivity contribution in [1.82, 2.24) is 15.1 Å². The first-order valence-corrected chi connectivity index (χ1v) is 7.72. The summed E-state index contributed by atoms with van der Waals surface area (Å²) in [5, 5.41) is 8.08. The van der Waals surface area contributed by atoms with Gasteiger partial charge in [-0.2, -0.15) is 5.10 Å². The molecular formula is C17H24FN3. The van der Waals surface area contributed by atoms with Gasteiger partial charge >= 0.3 is 0 Å². The molecule has 0 radical (unpaired) electrons.